The van der Waals surface area contributed by atoms with Gasteiger partial charge in [0.05, 0.1) is 21.1 Å². The van der Waals surface area contributed by atoms with Crippen molar-refractivity contribution in [3.8, 4) is 5.69 Å². The maximum atomic E-state index is 13.4. The van der Waals surface area contributed by atoms with Crippen molar-refractivity contribution in [2.24, 2.45) is 0 Å². The van der Waals surface area contributed by atoms with Crippen molar-refractivity contribution in [1.82, 2.24) is 9.55 Å². The largest absolute Gasteiger partial charge is 0.478 e. The Morgan fingerprint density at radius 3 is 2.71 bits per heavy atom. The average molecular weight is 349 g/mol. The average Bonchev–Trinajstić information content (AvgIpc) is 2.77. The first-order chi connectivity index (χ1) is 9.97. The molecule has 0 unspecified atom stereocenters. The Bertz CT molecular complexity index is 873. The lowest BCUT2D eigenvalue weighted by molar-refractivity contribution is 0.0697. The van der Waals surface area contributed by atoms with Gasteiger partial charge in [-0.05, 0) is 59.3 Å². The number of aromatic nitrogens is 2. The molecule has 0 aliphatic rings. The van der Waals surface area contributed by atoms with Crippen LogP contribution in [-0.4, -0.2) is 20.6 Å². The molecule has 0 aliphatic heterocycles. The summed E-state index contributed by atoms with van der Waals surface area (Å²) >= 11 is 3.16. The molecule has 0 radical (unpaired) electrons. The van der Waals surface area contributed by atoms with E-state index in [1.807, 2.05) is 6.92 Å². The molecule has 0 saturated carbocycles. The molecule has 106 valence electrons. The van der Waals surface area contributed by atoms with Gasteiger partial charge in [0.1, 0.15) is 11.6 Å². The molecule has 0 amide bonds. The Kier molecular flexibility index (Phi) is 3.25. The first-order valence-corrected chi connectivity index (χ1v) is 6.94. The smallest absolute Gasteiger partial charge is 0.335 e. The van der Waals surface area contributed by atoms with E-state index in [1.165, 1.54) is 12.1 Å². The molecule has 2 aromatic carbocycles. The third-order valence-corrected chi connectivity index (χ3v) is 3.84. The van der Waals surface area contributed by atoms with E-state index in [-0.39, 0.29) is 11.4 Å². The van der Waals surface area contributed by atoms with Crippen molar-refractivity contribution in [2.75, 3.05) is 0 Å². The summed E-state index contributed by atoms with van der Waals surface area (Å²) < 4.78 is 15.5. The van der Waals surface area contributed by atoms with Crippen molar-refractivity contribution in [2.45, 2.75) is 6.92 Å². The second-order valence-corrected chi connectivity index (χ2v) is 5.46. The topological polar surface area (TPSA) is 55.1 Å². The van der Waals surface area contributed by atoms with Gasteiger partial charge in [-0.3, -0.25) is 4.57 Å². The number of hydrogen-bond acceptors (Lipinski definition) is 2. The van der Waals surface area contributed by atoms with E-state index < -0.39 is 5.97 Å². The van der Waals surface area contributed by atoms with Crippen molar-refractivity contribution < 1.29 is 14.3 Å². The Balaban J connectivity index is 2.29. The highest BCUT2D eigenvalue weighted by molar-refractivity contribution is 9.10. The number of rotatable bonds is 2. The van der Waals surface area contributed by atoms with Crippen LogP contribution in [0.3, 0.4) is 0 Å². The molecule has 0 aliphatic carbocycles. The van der Waals surface area contributed by atoms with Crippen molar-refractivity contribution in [3.05, 3.63) is 58.1 Å². The van der Waals surface area contributed by atoms with Crippen LogP contribution in [0.4, 0.5) is 4.39 Å². The molecule has 3 aromatic rings. The standard InChI is InChI=1S/C15H10BrFN2O2/c1-8-18-13-5-2-9(15(20)21)6-14(13)19(8)10-3-4-12(17)11(16)7-10/h2-7H,1H3,(H,20,21). The summed E-state index contributed by atoms with van der Waals surface area (Å²) in [7, 11) is 0. The highest BCUT2D eigenvalue weighted by Gasteiger charge is 2.13. The maximum Gasteiger partial charge on any atom is 0.335 e. The van der Waals surface area contributed by atoms with Gasteiger partial charge in [0.25, 0.3) is 0 Å². The van der Waals surface area contributed by atoms with E-state index in [0.717, 1.165) is 0 Å². The van der Waals surface area contributed by atoms with E-state index in [2.05, 4.69) is 20.9 Å². The van der Waals surface area contributed by atoms with Gasteiger partial charge in [-0.25, -0.2) is 14.2 Å². The highest BCUT2D eigenvalue weighted by atomic mass is 79.9. The Labute approximate surface area is 128 Å². The second-order valence-electron chi connectivity index (χ2n) is 4.60. The molecule has 1 heterocycles. The molecule has 0 atom stereocenters. The van der Waals surface area contributed by atoms with Crippen LogP contribution in [0.15, 0.2) is 40.9 Å². The summed E-state index contributed by atoms with van der Waals surface area (Å²) in [5, 5.41) is 9.11. The molecule has 0 spiro atoms. The third kappa shape index (κ3) is 2.31. The fourth-order valence-corrected chi connectivity index (χ4v) is 2.65. The number of fused-ring (bicyclic) bond motifs is 1. The monoisotopic (exact) mass is 348 g/mol. The van der Waals surface area contributed by atoms with Crippen LogP contribution in [-0.2, 0) is 0 Å². The van der Waals surface area contributed by atoms with E-state index >= 15 is 0 Å². The Morgan fingerprint density at radius 1 is 1.29 bits per heavy atom. The van der Waals surface area contributed by atoms with Crippen LogP contribution in [0.1, 0.15) is 16.2 Å². The zero-order chi connectivity index (χ0) is 15.1. The summed E-state index contributed by atoms with van der Waals surface area (Å²) in [6, 6.07) is 9.36. The van der Waals surface area contributed by atoms with Gasteiger partial charge in [0, 0.05) is 5.69 Å². The molecule has 0 bridgehead atoms. The van der Waals surface area contributed by atoms with Crippen LogP contribution >= 0.6 is 15.9 Å². The van der Waals surface area contributed by atoms with Crippen LogP contribution in [0.2, 0.25) is 0 Å². The van der Waals surface area contributed by atoms with E-state index in [9.17, 15) is 9.18 Å². The van der Waals surface area contributed by atoms with Crippen molar-refractivity contribution >= 4 is 32.9 Å². The highest BCUT2D eigenvalue weighted by Crippen LogP contribution is 2.25. The van der Waals surface area contributed by atoms with E-state index in [1.54, 1.807) is 28.8 Å². The summed E-state index contributed by atoms with van der Waals surface area (Å²) in [4.78, 5) is 15.5. The number of hydrogen-bond donors (Lipinski definition) is 1. The zero-order valence-corrected chi connectivity index (χ0v) is 12.6. The third-order valence-electron chi connectivity index (χ3n) is 3.23. The minimum atomic E-state index is -0.998. The molecule has 6 heteroatoms. The molecule has 1 aromatic heterocycles. The number of benzene rings is 2. The quantitative estimate of drug-likeness (QED) is 0.763. The predicted molar refractivity (Wildman–Crippen MR) is 80.4 cm³/mol. The maximum absolute atomic E-state index is 13.4. The van der Waals surface area contributed by atoms with Crippen LogP contribution in [0, 0.1) is 12.7 Å². The molecular formula is C15H10BrFN2O2. The number of carboxylic acid groups (broad SMARTS) is 1. The second kappa shape index (κ2) is 4.96. The number of carboxylic acids is 1. The van der Waals surface area contributed by atoms with Gasteiger partial charge in [0.15, 0.2) is 0 Å². The Morgan fingerprint density at radius 2 is 2.05 bits per heavy atom. The number of halogens is 2. The normalized spacial score (nSPS) is 11.0. The summed E-state index contributed by atoms with van der Waals surface area (Å²) in [5.74, 6) is -0.652. The van der Waals surface area contributed by atoms with Gasteiger partial charge >= 0.3 is 5.97 Å². The van der Waals surface area contributed by atoms with E-state index in [4.69, 9.17) is 5.11 Å². The fraction of sp³-hybridized carbons (Fsp3) is 0.0667. The number of imidazole rings is 1. The minimum absolute atomic E-state index is 0.185. The van der Waals surface area contributed by atoms with Crippen molar-refractivity contribution in [1.29, 1.82) is 0 Å². The lowest BCUT2D eigenvalue weighted by Crippen LogP contribution is -1.99. The van der Waals surface area contributed by atoms with Gasteiger partial charge < -0.3 is 5.11 Å². The summed E-state index contributed by atoms with van der Waals surface area (Å²) in [6.07, 6.45) is 0. The summed E-state index contributed by atoms with van der Waals surface area (Å²) in [5.41, 5.74) is 2.26. The lowest BCUT2D eigenvalue weighted by Gasteiger charge is -2.08. The van der Waals surface area contributed by atoms with Gasteiger partial charge in [-0.1, -0.05) is 0 Å². The Hall–Kier alpha value is -2.21. The molecule has 4 nitrogen and oxygen atoms in total. The van der Waals surface area contributed by atoms with Crippen LogP contribution < -0.4 is 0 Å². The zero-order valence-electron chi connectivity index (χ0n) is 11.0. The summed E-state index contributed by atoms with van der Waals surface area (Å²) in [6.45, 7) is 1.82. The van der Waals surface area contributed by atoms with Crippen molar-refractivity contribution in [3.63, 3.8) is 0 Å². The molecule has 1 N–H and O–H groups in total. The van der Waals surface area contributed by atoms with Crippen LogP contribution in [0.25, 0.3) is 16.7 Å². The molecular weight excluding hydrogens is 339 g/mol. The fourth-order valence-electron chi connectivity index (χ4n) is 2.28. The SMILES string of the molecule is Cc1nc2ccc(C(=O)O)cc2n1-c1ccc(F)c(Br)c1. The number of aromatic carboxylic acids is 1. The van der Waals surface area contributed by atoms with Crippen LogP contribution in [0.5, 0.6) is 0 Å². The first kappa shape index (κ1) is 13.8. The number of carbonyl (C=O) groups is 1. The lowest BCUT2D eigenvalue weighted by atomic mass is 10.2. The van der Waals surface area contributed by atoms with Gasteiger partial charge in [0.2, 0.25) is 0 Å². The number of aryl methyl sites for hydroxylation is 1. The molecule has 0 fully saturated rings. The van der Waals surface area contributed by atoms with E-state index in [0.29, 0.717) is 27.0 Å². The molecule has 21 heavy (non-hydrogen) atoms. The van der Waals surface area contributed by atoms with Gasteiger partial charge in [-0.15, -0.1) is 0 Å². The predicted octanol–water partition coefficient (Wildman–Crippen LogP) is 3.93. The minimum Gasteiger partial charge on any atom is -0.478 e. The number of nitrogens with zero attached hydrogens (tertiary/aromatic N) is 2. The molecule has 3 rings (SSSR count). The molecule has 0 saturated heterocycles. The van der Waals surface area contributed by atoms with Gasteiger partial charge in [-0.2, -0.15) is 0 Å². The first-order valence-electron chi connectivity index (χ1n) is 6.15.